The molecule has 1 aromatic rings. The van der Waals surface area contributed by atoms with Gasteiger partial charge in [-0.1, -0.05) is 39.0 Å². The second kappa shape index (κ2) is 8.52. The largest absolute Gasteiger partial charge is 0.314 e. The fourth-order valence-corrected chi connectivity index (χ4v) is 3.29. The number of aromatic nitrogens is 3. The molecule has 1 aromatic heterocycles. The summed E-state index contributed by atoms with van der Waals surface area (Å²) in [5, 5.41) is 12.6. The van der Waals surface area contributed by atoms with E-state index >= 15 is 0 Å². The fraction of sp³-hybridized carbons (Fsp3) is 0.882. The Bertz CT molecular complexity index is 413. The number of hydrogen-bond acceptors (Lipinski definition) is 3. The van der Waals surface area contributed by atoms with Crippen LogP contribution in [-0.4, -0.2) is 20.8 Å². The molecule has 2 atom stereocenters. The number of aryl methyl sites for hydroxylation is 1. The molecule has 1 aliphatic rings. The summed E-state index contributed by atoms with van der Waals surface area (Å²) < 4.78 is 2.36. The van der Waals surface area contributed by atoms with E-state index in [-0.39, 0.29) is 0 Å². The summed E-state index contributed by atoms with van der Waals surface area (Å²) in [6.45, 7) is 7.88. The molecule has 2 rings (SSSR count). The first-order chi connectivity index (χ1) is 10.2. The molecule has 0 radical (unpaired) electrons. The van der Waals surface area contributed by atoms with Crippen molar-refractivity contribution in [3.8, 4) is 0 Å². The van der Waals surface area contributed by atoms with Gasteiger partial charge in [0.1, 0.15) is 11.6 Å². The van der Waals surface area contributed by atoms with E-state index in [1.807, 2.05) is 0 Å². The maximum absolute atomic E-state index is 4.45. The van der Waals surface area contributed by atoms with E-state index in [0.29, 0.717) is 12.1 Å². The van der Waals surface area contributed by atoms with Crippen molar-refractivity contribution in [2.24, 2.45) is 0 Å². The highest BCUT2D eigenvalue weighted by Crippen LogP contribution is 2.19. The Kier molecular flexibility index (Phi) is 6.68. The summed E-state index contributed by atoms with van der Waals surface area (Å²) in [5.41, 5.74) is 0. The highest BCUT2D eigenvalue weighted by Gasteiger charge is 2.20. The van der Waals surface area contributed by atoms with Crippen LogP contribution in [0, 0.1) is 0 Å². The van der Waals surface area contributed by atoms with E-state index in [1.165, 1.54) is 57.2 Å². The van der Waals surface area contributed by atoms with Gasteiger partial charge in [0.25, 0.3) is 0 Å². The molecule has 4 nitrogen and oxygen atoms in total. The van der Waals surface area contributed by atoms with Crippen LogP contribution in [0.4, 0.5) is 0 Å². The van der Waals surface area contributed by atoms with E-state index in [9.17, 15) is 0 Å². The normalized spacial score (nSPS) is 18.0. The van der Waals surface area contributed by atoms with Crippen LogP contribution in [0.15, 0.2) is 0 Å². The van der Waals surface area contributed by atoms with Crippen LogP contribution >= 0.6 is 0 Å². The molecule has 0 saturated heterocycles. The zero-order valence-electron chi connectivity index (χ0n) is 14.1. The molecule has 1 N–H and O–H groups in total. The first-order valence-electron chi connectivity index (χ1n) is 8.90. The summed E-state index contributed by atoms with van der Waals surface area (Å²) in [6.07, 6.45) is 11.5. The molecule has 4 heteroatoms. The minimum absolute atomic E-state index is 0.297. The van der Waals surface area contributed by atoms with E-state index in [2.05, 4.69) is 40.9 Å². The summed E-state index contributed by atoms with van der Waals surface area (Å²) in [6, 6.07) is 0.848. The predicted octanol–water partition coefficient (Wildman–Crippen LogP) is 4.01. The van der Waals surface area contributed by atoms with Gasteiger partial charge in [0, 0.05) is 19.0 Å². The molecule has 0 aliphatic carbocycles. The zero-order valence-corrected chi connectivity index (χ0v) is 14.1. The van der Waals surface area contributed by atoms with Crippen LogP contribution in [0.1, 0.15) is 89.8 Å². The minimum Gasteiger partial charge on any atom is -0.314 e. The van der Waals surface area contributed by atoms with Crippen molar-refractivity contribution in [2.45, 2.75) is 97.2 Å². The molecule has 0 amide bonds. The lowest BCUT2D eigenvalue weighted by Crippen LogP contribution is -2.30. The molecule has 2 unspecified atom stereocenters. The predicted molar refractivity (Wildman–Crippen MR) is 87.3 cm³/mol. The average Bonchev–Trinajstić information content (AvgIpc) is 2.73. The highest BCUT2D eigenvalue weighted by molar-refractivity contribution is 5.02. The number of nitrogens with zero attached hydrogens (tertiary/aromatic N) is 3. The van der Waals surface area contributed by atoms with Gasteiger partial charge in [-0.05, 0) is 33.1 Å². The maximum Gasteiger partial charge on any atom is 0.149 e. The summed E-state index contributed by atoms with van der Waals surface area (Å²) >= 11 is 0. The fourth-order valence-electron chi connectivity index (χ4n) is 3.29. The van der Waals surface area contributed by atoms with Crippen LogP contribution in [-0.2, 0) is 13.0 Å². The van der Waals surface area contributed by atoms with Gasteiger partial charge in [0.2, 0.25) is 0 Å². The molecule has 0 spiro atoms. The Hall–Kier alpha value is -0.900. The molecule has 21 heavy (non-hydrogen) atoms. The molecule has 1 aliphatic heterocycles. The van der Waals surface area contributed by atoms with Gasteiger partial charge in [-0.3, -0.25) is 0 Å². The van der Waals surface area contributed by atoms with Crippen molar-refractivity contribution in [2.75, 3.05) is 0 Å². The van der Waals surface area contributed by atoms with Gasteiger partial charge in [-0.25, -0.2) is 0 Å². The first-order valence-corrected chi connectivity index (χ1v) is 8.90. The topological polar surface area (TPSA) is 42.7 Å². The standard InChI is InChI=1S/C17H32N4/c1-4-5-6-8-11-14(2)18-15(3)17-20-19-16-12-9-7-10-13-21(16)17/h14-15,18H,4-13H2,1-3H3. The lowest BCUT2D eigenvalue weighted by molar-refractivity contribution is 0.414. The molecule has 120 valence electrons. The lowest BCUT2D eigenvalue weighted by atomic mass is 10.1. The summed E-state index contributed by atoms with van der Waals surface area (Å²) in [5.74, 6) is 2.32. The molecular formula is C17H32N4. The van der Waals surface area contributed by atoms with Gasteiger partial charge in [0.15, 0.2) is 0 Å². The third-order valence-electron chi connectivity index (χ3n) is 4.55. The Balaban J connectivity index is 1.85. The van der Waals surface area contributed by atoms with Crippen molar-refractivity contribution >= 4 is 0 Å². The number of rotatable bonds is 8. The summed E-state index contributed by atoms with van der Waals surface area (Å²) in [4.78, 5) is 0. The summed E-state index contributed by atoms with van der Waals surface area (Å²) in [7, 11) is 0. The van der Waals surface area contributed by atoms with Gasteiger partial charge >= 0.3 is 0 Å². The second-order valence-electron chi connectivity index (χ2n) is 6.58. The van der Waals surface area contributed by atoms with Gasteiger partial charge in [0.05, 0.1) is 6.04 Å². The quantitative estimate of drug-likeness (QED) is 0.736. The van der Waals surface area contributed by atoms with Crippen molar-refractivity contribution in [1.29, 1.82) is 0 Å². The molecule has 0 saturated carbocycles. The third-order valence-corrected chi connectivity index (χ3v) is 4.55. The van der Waals surface area contributed by atoms with E-state index in [4.69, 9.17) is 0 Å². The Morgan fingerprint density at radius 3 is 2.76 bits per heavy atom. The molecule has 0 aromatic carbocycles. The van der Waals surface area contributed by atoms with Crippen molar-refractivity contribution in [3.63, 3.8) is 0 Å². The maximum atomic E-state index is 4.45. The van der Waals surface area contributed by atoms with Crippen LogP contribution in [0.2, 0.25) is 0 Å². The monoisotopic (exact) mass is 292 g/mol. The van der Waals surface area contributed by atoms with Crippen LogP contribution in [0.3, 0.4) is 0 Å². The Morgan fingerprint density at radius 1 is 1.10 bits per heavy atom. The van der Waals surface area contributed by atoms with Crippen molar-refractivity contribution < 1.29 is 0 Å². The lowest BCUT2D eigenvalue weighted by Gasteiger charge is -2.20. The third kappa shape index (κ3) is 4.80. The Labute approximate surface area is 129 Å². The second-order valence-corrected chi connectivity index (χ2v) is 6.58. The van der Waals surface area contributed by atoms with Crippen molar-refractivity contribution in [1.82, 2.24) is 20.1 Å². The average molecular weight is 292 g/mol. The van der Waals surface area contributed by atoms with Gasteiger partial charge < -0.3 is 9.88 Å². The highest BCUT2D eigenvalue weighted by atomic mass is 15.3. The number of hydrogen-bond donors (Lipinski definition) is 1. The smallest absolute Gasteiger partial charge is 0.149 e. The van der Waals surface area contributed by atoms with E-state index in [1.54, 1.807) is 0 Å². The van der Waals surface area contributed by atoms with Gasteiger partial charge in [-0.15, -0.1) is 10.2 Å². The number of unbranched alkanes of at least 4 members (excludes halogenated alkanes) is 3. The van der Waals surface area contributed by atoms with E-state index in [0.717, 1.165) is 18.8 Å². The molecule has 0 fully saturated rings. The first kappa shape index (κ1) is 16.5. The zero-order chi connectivity index (χ0) is 15.1. The number of nitrogens with one attached hydrogen (secondary N) is 1. The van der Waals surface area contributed by atoms with Crippen LogP contribution in [0.5, 0.6) is 0 Å². The Morgan fingerprint density at radius 2 is 1.95 bits per heavy atom. The number of fused-ring (bicyclic) bond motifs is 1. The van der Waals surface area contributed by atoms with Crippen molar-refractivity contribution in [3.05, 3.63) is 11.6 Å². The minimum atomic E-state index is 0.297. The van der Waals surface area contributed by atoms with Crippen LogP contribution in [0.25, 0.3) is 0 Å². The SMILES string of the molecule is CCCCCCC(C)NC(C)c1nnc2n1CCCCC2. The van der Waals surface area contributed by atoms with Crippen LogP contribution < -0.4 is 5.32 Å². The molecule has 2 heterocycles. The molecule has 0 bridgehead atoms. The van der Waals surface area contributed by atoms with E-state index < -0.39 is 0 Å². The molecular weight excluding hydrogens is 260 g/mol. The van der Waals surface area contributed by atoms with Gasteiger partial charge in [-0.2, -0.15) is 0 Å².